The van der Waals surface area contributed by atoms with Gasteiger partial charge in [0.15, 0.2) is 12.6 Å². The third kappa shape index (κ3) is 8.41. The molecule has 0 fully saturated rings. The lowest BCUT2D eigenvalue weighted by Gasteiger charge is -1.94. The summed E-state index contributed by atoms with van der Waals surface area (Å²) in [4.78, 5) is 6.17. The number of oxazole rings is 1. The van der Waals surface area contributed by atoms with Gasteiger partial charge in [-0.2, -0.15) is 0 Å². The number of hydrogen-bond acceptors (Lipinski definition) is 3. The number of halogens is 4. The SMILES string of the molecule is F[B-](F)(F)F.N#[N+]c1cnco1. The summed E-state index contributed by atoms with van der Waals surface area (Å²) in [6.07, 6.45) is 2.50. The monoisotopic (exact) mass is 183 g/mol. The van der Waals surface area contributed by atoms with Crippen molar-refractivity contribution in [3.63, 3.8) is 0 Å². The molecule has 0 spiro atoms. The normalized spacial score (nSPS) is 9.58. The van der Waals surface area contributed by atoms with Gasteiger partial charge in [-0.15, -0.1) is 0 Å². The summed E-state index contributed by atoms with van der Waals surface area (Å²) in [7, 11) is -6.00. The molecule has 1 aromatic rings. The maximum absolute atomic E-state index is 9.75. The Morgan fingerprint density at radius 2 is 1.92 bits per heavy atom. The molecule has 0 aliphatic carbocycles. The second-order valence-corrected chi connectivity index (χ2v) is 1.43. The first-order chi connectivity index (χ1) is 5.43. The molecule has 0 aliphatic heterocycles. The van der Waals surface area contributed by atoms with Crippen LogP contribution in [0.25, 0.3) is 4.98 Å². The first kappa shape index (κ1) is 10.4. The van der Waals surface area contributed by atoms with Crippen molar-refractivity contribution in [3.8, 4) is 0 Å². The first-order valence-corrected chi connectivity index (χ1v) is 2.54. The molecule has 0 aliphatic rings. The minimum atomic E-state index is -6.00. The number of aromatic nitrogens is 1. The number of nitrogens with zero attached hydrogens (tertiary/aromatic N) is 3. The van der Waals surface area contributed by atoms with E-state index in [1.807, 2.05) is 0 Å². The first-order valence-electron chi connectivity index (χ1n) is 2.54. The van der Waals surface area contributed by atoms with Crippen molar-refractivity contribution < 1.29 is 21.7 Å². The molecule has 0 saturated heterocycles. The maximum Gasteiger partial charge on any atom is 0.673 e. The van der Waals surface area contributed by atoms with Gasteiger partial charge >= 0.3 is 13.1 Å². The van der Waals surface area contributed by atoms with Crippen molar-refractivity contribution in [2.24, 2.45) is 0 Å². The molecular weight excluding hydrogens is 181 g/mol. The summed E-state index contributed by atoms with van der Waals surface area (Å²) in [6, 6.07) is 0. The van der Waals surface area contributed by atoms with Gasteiger partial charge < -0.3 is 21.7 Å². The van der Waals surface area contributed by atoms with Gasteiger partial charge in [-0.3, -0.25) is 0 Å². The quantitative estimate of drug-likeness (QED) is 0.352. The van der Waals surface area contributed by atoms with Crippen molar-refractivity contribution in [1.82, 2.24) is 4.98 Å². The van der Waals surface area contributed by atoms with E-state index in [-0.39, 0.29) is 5.88 Å². The van der Waals surface area contributed by atoms with Crippen LogP contribution in [0.1, 0.15) is 0 Å². The third-order valence-corrected chi connectivity index (χ3v) is 0.518. The van der Waals surface area contributed by atoms with Crippen LogP contribution >= 0.6 is 0 Å². The van der Waals surface area contributed by atoms with E-state index in [2.05, 4.69) is 14.4 Å². The molecule has 66 valence electrons. The summed E-state index contributed by atoms with van der Waals surface area (Å²) in [5, 5.41) is 7.92. The maximum atomic E-state index is 9.75. The predicted octanol–water partition coefficient (Wildman–Crippen LogP) is 2.46. The Hall–Kier alpha value is -1.59. The lowest BCUT2D eigenvalue weighted by molar-refractivity contribution is 0.368. The van der Waals surface area contributed by atoms with E-state index in [0.29, 0.717) is 0 Å². The van der Waals surface area contributed by atoms with Crippen molar-refractivity contribution in [3.05, 3.63) is 17.6 Å². The summed E-state index contributed by atoms with van der Waals surface area (Å²) in [5.74, 6) is 0.125. The van der Waals surface area contributed by atoms with E-state index in [1.165, 1.54) is 12.6 Å². The zero-order chi connectivity index (χ0) is 9.61. The van der Waals surface area contributed by atoms with E-state index in [9.17, 15) is 17.3 Å². The van der Waals surface area contributed by atoms with E-state index in [0.717, 1.165) is 0 Å². The van der Waals surface area contributed by atoms with Crippen LogP contribution in [0.3, 0.4) is 0 Å². The molecule has 0 saturated carbocycles. The van der Waals surface area contributed by atoms with Crippen LogP contribution in [0, 0.1) is 5.39 Å². The molecule has 0 atom stereocenters. The molecule has 0 bridgehead atoms. The van der Waals surface area contributed by atoms with Gasteiger partial charge in [0.25, 0.3) is 0 Å². The molecule has 0 unspecified atom stereocenters. The van der Waals surface area contributed by atoms with E-state index >= 15 is 0 Å². The number of diazo groups is 1. The topological polar surface area (TPSA) is 54.2 Å². The van der Waals surface area contributed by atoms with Crippen molar-refractivity contribution in [1.29, 1.82) is 5.39 Å². The van der Waals surface area contributed by atoms with Crippen molar-refractivity contribution >= 4 is 13.1 Å². The molecule has 1 heterocycles. The van der Waals surface area contributed by atoms with E-state index < -0.39 is 7.25 Å². The van der Waals surface area contributed by atoms with Crippen LogP contribution in [-0.2, 0) is 0 Å². The molecule has 0 amide bonds. The fourth-order valence-electron chi connectivity index (χ4n) is 0.258. The summed E-state index contributed by atoms with van der Waals surface area (Å²) in [5.41, 5.74) is 0. The van der Waals surface area contributed by atoms with Gasteiger partial charge in [-0.05, 0) is 0 Å². The van der Waals surface area contributed by atoms with Gasteiger partial charge in [-0.25, -0.2) is 4.98 Å². The Morgan fingerprint density at radius 3 is 2.08 bits per heavy atom. The summed E-state index contributed by atoms with van der Waals surface area (Å²) in [6.45, 7) is 0. The predicted molar refractivity (Wildman–Crippen MR) is 31.4 cm³/mol. The van der Waals surface area contributed by atoms with Gasteiger partial charge in [0.05, 0.1) is 0 Å². The van der Waals surface area contributed by atoms with Crippen LogP contribution in [-0.4, -0.2) is 12.2 Å². The average molecular weight is 183 g/mol. The molecule has 0 aromatic carbocycles. The minimum Gasteiger partial charge on any atom is -0.418 e. The fraction of sp³-hybridized carbons (Fsp3) is 0. The highest BCUT2D eigenvalue weighted by molar-refractivity contribution is 6.50. The van der Waals surface area contributed by atoms with Gasteiger partial charge in [-0.1, -0.05) is 0 Å². The molecule has 4 nitrogen and oxygen atoms in total. The smallest absolute Gasteiger partial charge is 0.418 e. The molecule has 12 heavy (non-hydrogen) atoms. The highest BCUT2D eigenvalue weighted by Gasteiger charge is 2.20. The second kappa shape index (κ2) is 4.33. The Balaban J connectivity index is 0.000000217. The average Bonchev–Trinajstić information content (AvgIpc) is 2.33. The lowest BCUT2D eigenvalue weighted by Crippen LogP contribution is -2.02. The van der Waals surface area contributed by atoms with Crippen LogP contribution in [0.5, 0.6) is 0 Å². The third-order valence-electron chi connectivity index (χ3n) is 0.518. The van der Waals surface area contributed by atoms with E-state index in [1.54, 1.807) is 0 Å². The number of rotatable bonds is 0. The Bertz CT molecular complexity index is 246. The molecular formula is C3H2BF4N3O. The molecule has 1 rings (SSSR count). The fourth-order valence-corrected chi connectivity index (χ4v) is 0.258. The molecule has 9 heteroatoms. The van der Waals surface area contributed by atoms with Gasteiger partial charge in [0, 0.05) is 0 Å². The lowest BCUT2D eigenvalue weighted by atomic mass is 10.3. The minimum absolute atomic E-state index is 0.125. The highest BCUT2D eigenvalue weighted by Crippen LogP contribution is 2.06. The molecule has 1 aromatic heterocycles. The Morgan fingerprint density at radius 1 is 1.42 bits per heavy atom. The standard InChI is InChI=1S/C3H2N3O.BF4/c4-6-3-1-5-2-7-3;2-1(3,4)5/h1-2H;/q+1;-1. The zero-order valence-electron chi connectivity index (χ0n) is 5.49. The largest absolute Gasteiger partial charge is 0.673 e. The van der Waals surface area contributed by atoms with Crippen molar-refractivity contribution in [2.75, 3.05) is 0 Å². The van der Waals surface area contributed by atoms with E-state index in [4.69, 9.17) is 5.39 Å². The second-order valence-electron chi connectivity index (χ2n) is 1.43. The van der Waals surface area contributed by atoms with Crippen LogP contribution in [0.15, 0.2) is 17.0 Å². The molecule has 0 radical (unpaired) electrons. The van der Waals surface area contributed by atoms with Crippen LogP contribution in [0.2, 0.25) is 0 Å². The summed E-state index contributed by atoms with van der Waals surface area (Å²) < 4.78 is 43.5. The zero-order valence-corrected chi connectivity index (χ0v) is 5.49. The number of hydrogen-bond donors (Lipinski definition) is 0. The van der Waals surface area contributed by atoms with Crippen molar-refractivity contribution in [2.45, 2.75) is 0 Å². The Labute approximate surface area is 63.9 Å². The van der Waals surface area contributed by atoms with Gasteiger partial charge in [0.2, 0.25) is 10.4 Å². The van der Waals surface area contributed by atoms with Crippen LogP contribution in [0.4, 0.5) is 23.1 Å². The van der Waals surface area contributed by atoms with Gasteiger partial charge in [0.1, 0.15) is 0 Å². The Kier molecular flexibility index (Phi) is 3.75. The summed E-state index contributed by atoms with van der Waals surface area (Å²) >= 11 is 0. The highest BCUT2D eigenvalue weighted by atomic mass is 19.5. The van der Waals surface area contributed by atoms with Crippen LogP contribution < -0.4 is 0 Å². The molecule has 0 N–H and O–H groups in total.